The van der Waals surface area contributed by atoms with Gasteiger partial charge in [0.05, 0.1) is 11.9 Å². The first-order chi connectivity index (χ1) is 7.65. The first-order valence-corrected chi connectivity index (χ1v) is 4.90. The van der Waals surface area contributed by atoms with Gasteiger partial charge in [0, 0.05) is 5.69 Å². The number of benzene rings is 1. The maximum atomic E-state index is 12.9. The SMILES string of the molecule is Cc1cc(Nc2cccc(F)c2)ncc1N. The Kier molecular flexibility index (Phi) is 2.72. The molecule has 0 aliphatic rings. The predicted octanol–water partition coefficient (Wildman–Crippen LogP) is 2.85. The van der Waals surface area contributed by atoms with Crippen molar-refractivity contribution >= 4 is 17.2 Å². The van der Waals surface area contributed by atoms with Gasteiger partial charge in [0.15, 0.2) is 0 Å². The second kappa shape index (κ2) is 4.18. The fourth-order valence-electron chi connectivity index (χ4n) is 1.35. The summed E-state index contributed by atoms with van der Waals surface area (Å²) < 4.78 is 12.9. The molecule has 1 aromatic heterocycles. The van der Waals surface area contributed by atoms with Crippen LogP contribution in [0.5, 0.6) is 0 Å². The number of nitrogens with two attached hydrogens (primary N) is 1. The van der Waals surface area contributed by atoms with Crippen LogP contribution in [0.25, 0.3) is 0 Å². The van der Waals surface area contributed by atoms with Gasteiger partial charge in [-0.15, -0.1) is 0 Å². The van der Waals surface area contributed by atoms with Gasteiger partial charge in [-0.3, -0.25) is 0 Å². The second-order valence-corrected chi connectivity index (χ2v) is 3.56. The second-order valence-electron chi connectivity index (χ2n) is 3.56. The number of hydrogen-bond donors (Lipinski definition) is 2. The molecule has 2 rings (SSSR count). The van der Waals surface area contributed by atoms with Gasteiger partial charge in [-0.05, 0) is 36.8 Å². The Morgan fingerprint density at radius 2 is 2.12 bits per heavy atom. The van der Waals surface area contributed by atoms with Gasteiger partial charge in [0.2, 0.25) is 0 Å². The maximum Gasteiger partial charge on any atom is 0.130 e. The molecule has 0 atom stereocenters. The van der Waals surface area contributed by atoms with Crippen molar-refractivity contribution in [1.29, 1.82) is 0 Å². The van der Waals surface area contributed by atoms with Crippen LogP contribution < -0.4 is 11.1 Å². The lowest BCUT2D eigenvalue weighted by Crippen LogP contribution is -1.97. The van der Waals surface area contributed by atoms with Crippen LogP contribution >= 0.6 is 0 Å². The van der Waals surface area contributed by atoms with E-state index in [4.69, 9.17) is 5.73 Å². The zero-order valence-corrected chi connectivity index (χ0v) is 8.87. The number of hydrogen-bond acceptors (Lipinski definition) is 3. The number of pyridine rings is 1. The van der Waals surface area contributed by atoms with Crippen molar-refractivity contribution in [2.24, 2.45) is 0 Å². The monoisotopic (exact) mass is 217 g/mol. The molecule has 0 radical (unpaired) electrons. The van der Waals surface area contributed by atoms with E-state index in [1.54, 1.807) is 18.3 Å². The van der Waals surface area contributed by atoms with E-state index in [0.717, 1.165) is 5.56 Å². The lowest BCUT2D eigenvalue weighted by molar-refractivity contribution is 0.628. The molecule has 4 heteroatoms. The number of nitrogens with one attached hydrogen (secondary N) is 1. The lowest BCUT2D eigenvalue weighted by Gasteiger charge is -2.07. The Labute approximate surface area is 93.1 Å². The van der Waals surface area contributed by atoms with Crippen LogP contribution in [-0.4, -0.2) is 4.98 Å². The quantitative estimate of drug-likeness (QED) is 0.813. The summed E-state index contributed by atoms with van der Waals surface area (Å²) in [4.78, 5) is 4.11. The van der Waals surface area contributed by atoms with Crippen molar-refractivity contribution in [3.8, 4) is 0 Å². The summed E-state index contributed by atoms with van der Waals surface area (Å²) in [6, 6.07) is 8.04. The molecule has 0 bridgehead atoms. The number of nitrogens with zero attached hydrogens (tertiary/aromatic N) is 1. The summed E-state index contributed by atoms with van der Waals surface area (Å²) in [6.07, 6.45) is 1.58. The van der Waals surface area contributed by atoms with E-state index in [1.165, 1.54) is 12.1 Å². The number of anilines is 3. The molecule has 16 heavy (non-hydrogen) atoms. The van der Waals surface area contributed by atoms with E-state index in [-0.39, 0.29) is 5.82 Å². The van der Waals surface area contributed by atoms with E-state index in [0.29, 0.717) is 17.2 Å². The molecule has 1 heterocycles. The summed E-state index contributed by atoms with van der Waals surface area (Å²) in [5.74, 6) is 0.370. The third-order valence-corrected chi connectivity index (χ3v) is 2.25. The molecule has 2 aromatic rings. The highest BCUT2D eigenvalue weighted by molar-refractivity contribution is 5.59. The van der Waals surface area contributed by atoms with Gasteiger partial charge in [0.25, 0.3) is 0 Å². The van der Waals surface area contributed by atoms with Gasteiger partial charge in [-0.1, -0.05) is 6.07 Å². The smallest absolute Gasteiger partial charge is 0.130 e. The van der Waals surface area contributed by atoms with Crippen LogP contribution in [0.4, 0.5) is 21.6 Å². The Morgan fingerprint density at radius 3 is 2.81 bits per heavy atom. The van der Waals surface area contributed by atoms with Gasteiger partial charge >= 0.3 is 0 Å². The molecule has 0 saturated heterocycles. The molecule has 0 aliphatic heterocycles. The number of halogens is 1. The minimum Gasteiger partial charge on any atom is -0.397 e. The van der Waals surface area contributed by atoms with E-state index >= 15 is 0 Å². The first-order valence-electron chi connectivity index (χ1n) is 4.90. The maximum absolute atomic E-state index is 12.9. The Bertz CT molecular complexity index is 511. The Hall–Kier alpha value is -2.10. The summed E-state index contributed by atoms with van der Waals surface area (Å²) in [6.45, 7) is 1.90. The highest BCUT2D eigenvalue weighted by Gasteiger charge is 1.99. The molecule has 82 valence electrons. The fourth-order valence-corrected chi connectivity index (χ4v) is 1.35. The predicted molar refractivity (Wildman–Crippen MR) is 63.1 cm³/mol. The summed E-state index contributed by atoms with van der Waals surface area (Å²) in [7, 11) is 0. The molecular formula is C12H12FN3. The topological polar surface area (TPSA) is 50.9 Å². The summed E-state index contributed by atoms with van der Waals surface area (Å²) >= 11 is 0. The van der Waals surface area contributed by atoms with Crippen LogP contribution in [0.1, 0.15) is 5.56 Å². The van der Waals surface area contributed by atoms with Gasteiger partial charge in [0.1, 0.15) is 11.6 Å². The van der Waals surface area contributed by atoms with Crippen LogP contribution in [0.15, 0.2) is 36.5 Å². The van der Waals surface area contributed by atoms with Crippen molar-refractivity contribution in [3.05, 3.63) is 47.9 Å². The van der Waals surface area contributed by atoms with E-state index in [1.807, 2.05) is 13.0 Å². The van der Waals surface area contributed by atoms with E-state index in [9.17, 15) is 4.39 Å². The van der Waals surface area contributed by atoms with Gasteiger partial charge in [-0.2, -0.15) is 0 Å². The molecule has 0 spiro atoms. The minimum atomic E-state index is -0.280. The number of rotatable bonds is 2. The molecule has 0 aliphatic carbocycles. The average Bonchev–Trinajstić information content (AvgIpc) is 2.24. The van der Waals surface area contributed by atoms with Crippen LogP contribution in [0.3, 0.4) is 0 Å². The molecule has 0 saturated carbocycles. The standard InChI is InChI=1S/C12H12FN3/c1-8-5-12(15-7-11(8)14)16-10-4-2-3-9(13)6-10/h2-7H,14H2,1H3,(H,15,16). The minimum absolute atomic E-state index is 0.280. The van der Waals surface area contributed by atoms with Crippen LogP contribution in [-0.2, 0) is 0 Å². The molecule has 3 nitrogen and oxygen atoms in total. The summed E-state index contributed by atoms with van der Waals surface area (Å²) in [5.41, 5.74) is 7.90. The van der Waals surface area contributed by atoms with E-state index < -0.39 is 0 Å². The summed E-state index contributed by atoms with van der Waals surface area (Å²) in [5, 5.41) is 3.01. The number of aryl methyl sites for hydroxylation is 1. The molecule has 0 amide bonds. The Balaban J connectivity index is 2.24. The zero-order valence-electron chi connectivity index (χ0n) is 8.87. The van der Waals surface area contributed by atoms with Crippen LogP contribution in [0.2, 0.25) is 0 Å². The lowest BCUT2D eigenvalue weighted by atomic mass is 10.2. The Morgan fingerprint density at radius 1 is 1.31 bits per heavy atom. The number of aromatic nitrogens is 1. The van der Waals surface area contributed by atoms with Crippen molar-refractivity contribution in [1.82, 2.24) is 4.98 Å². The molecular weight excluding hydrogens is 205 g/mol. The molecule has 1 aromatic carbocycles. The molecule has 0 fully saturated rings. The highest BCUT2D eigenvalue weighted by Crippen LogP contribution is 2.18. The first kappa shape index (κ1) is 10.4. The van der Waals surface area contributed by atoms with Crippen molar-refractivity contribution in [3.63, 3.8) is 0 Å². The largest absolute Gasteiger partial charge is 0.397 e. The van der Waals surface area contributed by atoms with E-state index in [2.05, 4.69) is 10.3 Å². The normalized spacial score (nSPS) is 10.1. The van der Waals surface area contributed by atoms with Crippen molar-refractivity contribution in [2.75, 3.05) is 11.1 Å². The van der Waals surface area contributed by atoms with Gasteiger partial charge in [-0.25, -0.2) is 9.37 Å². The third-order valence-electron chi connectivity index (χ3n) is 2.25. The van der Waals surface area contributed by atoms with Gasteiger partial charge < -0.3 is 11.1 Å². The fraction of sp³-hybridized carbons (Fsp3) is 0.0833. The van der Waals surface area contributed by atoms with Crippen molar-refractivity contribution in [2.45, 2.75) is 6.92 Å². The molecule has 0 unspecified atom stereocenters. The molecule has 3 N–H and O–H groups in total. The highest BCUT2D eigenvalue weighted by atomic mass is 19.1. The zero-order chi connectivity index (χ0) is 11.5. The average molecular weight is 217 g/mol. The van der Waals surface area contributed by atoms with Crippen LogP contribution in [0, 0.1) is 12.7 Å². The van der Waals surface area contributed by atoms with Crippen molar-refractivity contribution < 1.29 is 4.39 Å². The number of nitrogen functional groups attached to an aromatic ring is 1. The third kappa shape index (κ3) is 2.28.